The van der Waals surface area contributed by atoms with Gasteiger partial charge in [0.15, 0.2) is 0 Å². The third-order valence-corrected chi connectivity index (χ3v) is 2.06. The largest absolute Gasteiger partial charge is 0.317 e. The zero-order valence-electron chi connectivity index (χ0n) is 7.23. The highest BCUT2D eigenvalue weighted by Gasteiger charge is 2.28. The number of ketones is 1. The second kappa shape index (κ2) is 4.50. The van der Waals surface area contributed by atoms with E-state index in [9.17, 15) is 4.79 Å². The van der Waals surface area contributed by atoms with Gasteiger partial charge in [0.2, 0.25) is 0 Å². The van der Waals surface area contributed by atoms with E-state index in [-0.39, 0.29) is 0 Å². The molecule has 0 aliphatic heterocycles. The Kier molecular flexibility index (Phi) is 3.57. The zero-order chi connectivity index (χ0) is 8.10. The van der Waals surface area contributed by atoms with Gasteiger partial charge in [-0.2, -0.15) is 0 Å². The van der Waals surface area contributed by atoms with Gasteiger partial charge in [0.1, 0.15) is 5.78 Å². The molecule has 11 heavy (non-hydrogen) atoms. The summed E-state index contributed by atoms with van der Waals surface area (Å²) in [5.41, 5.74) is 0. The normalized spacial score (nSPS) is 16.8. The summed E-state index contributed by atoms with van der Waals surface area (Å²) in [6, 6.07) is 0. The second-order valence-electron chi connectivity index (χ2n) is 3.20. The first-order chi connectivity index (χ1) is 5.34. The van der Waals surface area contributed by atoms with Crippen molar-refractivity contribution < 1.29 is 4.79 Å². The number of hydrogen-bond donors (Lipinski definition) is 1. The Balaban J connectivity index is 1.89. The molecule has 0 heterocycles. The Morgan fingerprint density at radius 1 is 1.55 bits per heavy atom. The van der Waals surface area contributed by atoms with Gasteiger partial charge >= 0.3 is 0 Å². The van der Waals surface area contributed by atoms with Crippen molar-refractivity contribution >= 4 is 5.78 Å². The molecule has 1 aliphatic carbocycles. The van der Waals surface area contributed by atoms with Gasteiger partial charge < -0.3 is 5.32 Å². The van der Waals surface area contributed by atoms with E-state index in [2.05, 4.69) is 12.2 Å². The van der Waals surface area contributed by atoms with Gasteiger partial charge in [-0.05, 0) is 32.4 Å². The number of Topliss-reactive ketones (excluding diaryl/α,β-unsaturated/α-hetero) is 1. The van der Waals surface area contributed by atoms with Crippen molar-refractivity contribution in [3.05, 3.63) is 0 Å². The molecular formula is C9H17NO. The van der Waals surface area contributed by atoms with Gasteiger partial charge in [-0.15, -0.1) is 0 Å². The Hall–Kier alpha value is -0.370. The highest BCUT2D eigenvalue weighted by atomic mass is 16.1. The van der Waals surface area contributed by atoms with Crippen LogP contribution in [0.2, 0.25) is 0 Å². The summed E-state index contributed by atoms with van der Waals surface area (Å²) in [6.45, 7) is 4.09. The van der Waals surface area contributed by atoms with Gasteiger partial charge in [-0.25, -0.2) is 0 Å². The van der Waals surface area contributed by atoms with Crippen molar-refractivity contribution in [3.8, 4) is 0 Å². The van der Waals surface area contributed by atoms with Crippen molar-refractivity contribution in [1.82, 2.24) is 5.32 Å². The van der Waals surface area contributed by atoms with Crippen molar-refractivity contribution in [2.45, 2.75) is 32.6 Å². The van der Waals surface area contributed by atoms with Crippen molar-refractivity contribution in [2.75, 3.05) is 13.1 Å². The SMILES string of the molecule is CCNCCCC(=O)C1CC1. The van der Waals surface area contributed by atoms with Crippen LogP contribution in [0.4, 0.5) is 0 Å². The molecule has 0 aromatic rings. The van der Waals surface area contributed by atoms with Crippen LogP contribution in [0.25, 0.3) is 0 Å². The first kappa shape index (κ1) is 8.72. The van der Waals surface area contributed by atoms with Crippen LogP contribution >= 0.6 is 0 Å². The van der Waals surface area contributed by atoms with E-state index in [1.165, 1.54) is 0 Å². The summed E-state index contributed by atoms with van der Waals surface area (Å²) < 4.78 is 0. The Bertz CT molecular complexity index is 130. The minimum absolute atomic E-state index is 0.455. The van der Waals surface area contributed by atoms with Crippen LogP contribution in [0, 0.1) is 5.92 Å². The van der Waals surface area contributed by atoms with Crippen LogP contribution in [0.3, 0.4) is 0 Å². The average Bonchev–Trinajstić information content (AvgIpc) is 2.79. The van der Waals surface area contributed by atoms with Crippen molar-refractivity contribution in [3.63, 3.8) is 0 Å². The topological polar surface area (TPSA) is 29.1 Å². The minimum atomic E-state index is 0.455. The maximum Gasteiger partial charge on any atom is 0.136 e. The lowest BCUT2D eigenvalue weighted by atomic mass is 10.1. The molecule has 1 aliphatic rings. The third kappa shape index (κ3) is 3.51. The molecule has 0 amide bonds. The fraction of sp³-hybridized carbons (Fsp3) is 0.889. The van der Waals surface area contributed by atoms with Crippen molar-refractivity contribution in [1.29, 1.82) is 0 Å². The molecule has 1 N–H and O–H groups in total. The van der Waals surface area contributed by atoms with E-state index in [0.29, 0.717) is 11.7 Å². The summed E-state index contributed by atoms with van der Waals surface area (Å²) in [5.74, 6) is 0.944. The van der Waals surface area contributed by atoms with E-state index < -0.39 is 0 Å². The van der Waals surface area contributed by atoms with Gasteiger partial charge in [0, 0.05) is 12.3 Å². The fourth-order valence-corrected chi connectivity index (χ4v) is 1.17. The Morgan fingerprint density at radius 2 is 2.27 bits per heavy atom. The second-order valence-corrected chi connectivity index (χ2v) is 3.20. The standard InChI is InChI=1S/C9H17NO/c1-2-10-7-3-4-9(11)8-5-6-8/h8,10H,2-7H2,1H3. The van der Waals surface area contributed by atoms with E-state index in [1.807, 2.05) is 0 Å². The maximum absolute atomic E-state index is 11.1. The van der Waals surface area contributed by atoms with E-state index in [4.69, 9.17) is 0 Å². The lowest BCUT2D eigenvalue weighted by Gasteiger charge is -1.99. The first-order valence-electron chi connectivity index (χ1n) is 4.58. The molecule has 0 unspecified atom stereocenters. The molecule has 0 atom stereocenters. The third-order valence-electron chi connectivity index (χ3n) is 2.06. The van der Waals surface area contributed by atoms with Gasteiger partial charge in [0.05, 0.1) is 0 Å². The monoisotopic (exact) mass is 155 g/mol. The number of carbonyl (C=O) groups is 1. The molecule has 2 nitrogen and oxygen atoms in total. The molecule has 0 radical (unpaired) electrons. The van der Waals surface area contributed by atoms with Crippen LogP contribution in [0.1, 0.15) is 32.6 Å². The first-order valence-corrected chi connectivity index (χ1v) is 4.58. The molecule has 1 rings (SSSR count). The number of hydrogen-bond acceptors (Lipinski definition) is 2. The molecule has 0 saturated heterocycles. The van der Waals surface area contributed by atoms with E-state index in [1.54, 1.807) is 0 Å². The average molecular weight is 155 g/mol. The molecule has 0 aromatic heterocycles. The molecule has 2 heteroatoms. The highest BCUT2D eigenvalue weighted by Crippen LogP contribution is 2.30. The van der Waals surface area contributed by atoms with Crippen LogP contribution in [0.5, 0.6) is 0 Å². The quantitative estimate of drug-likeness (QED) is 0.587. The summed E-state index contributed by atoms with van der Waals surface area (Å²) in [5, 5.41) is 3.21. The predicted octanol–water partition coefficient (Wildman–Crippen LogP) is 1.36. The number of carbonyl (C=O) groups excluding carboxylic acids is 1. The lowest BCUT2D eigenvalue weighted by Crippen LogP contribution is -2.15. The molecule has 64 valence electrons. The molecule has 0 aromatic carbocycles. The Labute approximate surface area is 68.4 Å². The van der Waals surface area contributed by atoms with Crippen LogP contribution in [0.15, 0.2) is 0 Å². The van der Waals surface area contributed by atoms with Crippen LogP contribution in [-0.2, 0) is 4.79 Å². The number of nitrogens with one attached hydrogen (secondary N) is 1. The molecule has 0 bridgehead atoms. The predicted molar refractivity (Wildman–Crippen MR) is 45.5 cm³/mol. The lowest BCUT2D eigenvalue weighted by molar-refractivity contribution is -0.120. The molecule has 1 saturated carbocycles. The van der Waals surface area contributed by atoms with Gasteiger partial charge in [0.25, 0.3) is 0 Å². The van der Waals surface area contributed by atoms with E-state index in [0.717, 1.165) is 38.8 Å². The van der Waals surface area contributed by atoms with E-state index >= 15 is 0 Å². The van der Waals surface area contributed by atoms with Gasteiger partial charge in [-0.3, -0.25) is 4.79 Å². The molecule has 1 fully saturated rings. The fourth-order valence-electron chi connectivity index (χ4n) is 1.17. The smallest absolute Gasteiger partial charge is 0.136 e. The summed E-state index contributed by atoms with van der Waals surface area (Å²) in [4.78, 5) is 11.1. The highest BCUT2D eigenvalue weighted by molar-refractivity contribution is 5.83. The molecule has 0 spiro atoms. The zero-order valence-corrected chi connectivity index (χ0v) is 7.23. The van der Waals surface area contributed by atoms with Crippen LogP contribution in [-0.4, -0.2) is 18.9 Å². The van der Waals surface area contributed by atoms with Gasteiger partial charge in [-0.1, -0.05) is 6.92 Å². The van der Waals surface area contributed by atoms with Crippen LogP contribution < -0.4 is 5.32 Å². The maximum atomic E-state index is 11.1. The summed E-state index contributed by atoms with van der Waals surface area (Å²) in [6.07, 6.45) is 4.11. The molecular weight excluding hydrogens is 138 g/mol. The minimum Gasteiger partial charge on any atom is -0.317 e. The van der Waals surface area contributed by atoms with Crippen molar-refractivity contribution in [2.24, 2.45) is 5.92 Å². The number of rotatable bonds is 6. The Morgan fingerprint density at radius 3 is 2.82 bits per heavy atom. The summed E-state index contributed by atoms with van der Waals surface area (Å²) in [7, 11) is 0. The summed E-state index contributed by atoms with van der Waals surface area (Å²) >= 11 is 0.